The van der Waals surface area contributed by atoms with Crippen LogP contribution in [0.1, 0.15) is 30.2 Å². The largest absolute Gasteiger partial charge is 0.387 e. The van der Waals surface area contributed by atoms with Gasteiger partial charge in [0, 0.05) is 12.2 Å². The number of amides is 1. The van der Waals surface area contributed by atoms with E-state index in [9.17, 15) is 14.3 Å². The quantitative estimate of drug-likeness (QED) is 0.876. The summed E-state index contributed by atoms with van der Waals surface area (Å²) in [5.41, 5.74) is 1.36. The molecule has 25 heavy (non-hydrogen) atoms. The Morgan fingerprint density at radius 3 is 2.96 bits per heavy atom. The Hall–Kier alpha value is -2.31. The summed E-state index contributed by atoms with van der Waals surface area (Å²) in [7, 11) is 0. The van der Waals surface area contributed by atoms with Crippen LogP contribution in [0.2, 0.25) is 0 Å². The maximum absolute atomic E-state index is 13.3. The van der Waals surface area contributed by atoms with Crippen molar-refractivity contribution in [1.29, 1.82) is 0 Å². The highest BCUT2D eigenvalue weighted by Gasteiger charge is 2.32. The van der Waals surface area contributed by atoms with Crippen LogP contribution >= 0.6 is 0 Å². The van der Waals surface area contributed by atoms with E-state index in [-0.39, 0.29) is 17.8 Å². The molecular weight excluding hydrogens is 321 g/mol. The van der Waals surface area contributed by atoms with Gasteiger partial charge in [0.05, 0.1) is 12.1 Å². The summed E-state index contributed by atoms with van der Waals surface area (Å²) in [5.74, 6) is 0.0300. The molecule has 1 aromatic heterocycles. The minimum absolute atomic E-state index is 0.123. The molecule has 5 nitrogen and oxygen atoms in total. The van der Waals surface area contributed by atoms with Gasteiger partial charge in [-0.15, -0.1) is 0 Å². The average molecular weight is 343 g/mol. The SMILES string of the molecule is Cc1cccc(NC(=O)[C@@H]2CCCN2CC(O)c2cccc(F)c2)n1. The van der Waals surface area contributed by atoms with Crippen LogP contribution in [-0.4, -0.2) is 40.0 Å². The molecule has 0 spiro atoms. The minimum atomic E-state index is -0.832. The molecular formula is C19H22FN3O2. The van der Waals surface area contributed by atoms with Gasteiger partial charge in [-0.05, 0) is 56.1 Å². The predicted molar refractivity (Wildman–Crippen MR) is 93.6 cm³/mol. The zero-order chi connectivity index (χ0) is 17.8. The molecule has 6 heteroatoms. The van der Waals surface area contributed by atoms with Crippen molar-refractivity contribution >= 4 is 11.7 Å². The van der Waals surface area contributed by atoms with Crippen molar-refractivity contribution in [1.82, 2.24) is 9.88 Å². The predicted octanol–water partition coefficient (Wildman–Crippen LogP) is 2.67. The number of carbonyl (C=O) groups excluding carboxylic acids is 1. The molecule has 3 rings (SSSR count). The number of aromatic nitrogens is 1. The van der Waals surface area contributed by atoms with Crippen LogP contribution in [0.15, 0.2) is 42.5 Å². The van der Waals surface area contributed by atoms with Gasteiger partial charge < -0.3 is 10.4 Å². The van der Waals surface area contributed by atoms with E-state index >= 15 is 0 Å². The van der Waals surface area contributed by atoms with Gasteiger partial charge in [0.15, 0.2) is 0 Å². The number of halogens is 1. The molecule has 1 aliphatic heterocycles. The first-order chi connectivity index (χ1) is 12.0. The first-order valence-corrected chi connectivity index (χ1v) is 8.45. The van der Waals surface area contributed by atoms with E-state index in [1.54, 1.807) is 18.2 Å². The normalized spacial score (nSPS) is 18.9. The Labute approximate surface area is 146 Å². The lowest BCUT2D eigenvalue weighted by Gasteiger charge is -2.26. The van der Waals surface area contributed by atoms with Gasteiger partial charge >= 0.3 is 0 Å². The van der Waals surface area contributed by atoms with E-state index in [0.717, 1.165) is 25.1 Å². The topological polar surface area (TPSA) is 65.5 Å². The molecule has 1 unspecified atom stereocenters. The smallest absolute Gasteiger partial charge is 0.242 e. The number of rotatable bonds is 5. The second-order valence-corrected chi connectivity index (χ2v) is 6.38. The second kappa shape index (κ2) is 7.72. The summed E-state index contributed by atoms with van der Waals surface area (Å²) >= 11 is 0. The number of carbonyl (C=O) groups is 1. The first-order valence-electron chi connectivity index (χ1n) is 8.45. The summed E-state index contributed by atoms with van der Waals surface area (Å²) in [6.45, 7) is 2.89. The molecule has 2 heterocycles. The third-order valence-electron chi connectivity index (χ3n) is 4.45. The van der Waals surface area contributed by atoms with Crippen molar-refractivity contribution in [3.63, 3.8) is 0 Å². The van der Waals surface area contributed by atoms with Gasteiger partial charge in [-0.25, -0.2) is 9.37 Å². The molecule has 0 aliphatic carbocycles. The molecule has 1 fully saturated rings. The molecule has 1 aliphatic rings. The molecule has 2 N–H and O–H groups in total. The maximum atomic E-state index is 13.3. The van der Waals surface area contributed by atoms with Gasteiger partial charge in [-0.3, -0.25) is 9.69 Å². The number of anilines is 1. The minimum Gasteiger partial charge on any atom is -0.387 e. The molecule has 0 bridgehead atoms. The molecule has 1 aromatic carbocycles. The number of hydrogen-bond acceptors (Lipinski definition) is 4. The van der Waals surface area contributed by atoms with Crippen molar-refractivity contribution in [2.24, 2.45) is 0 Å². The zero-order valence-electron chi connectivity index (χ0n) is 14.2. The molecule has 0 radical (unpaired) electrons. The lowest BCUT2D eigenvalue weighted by molar-refractivity contribution is -0.120. The average Bonchev–Trinajstić information content (AvgIpc) is 3.03. The molecule has 0 saturated carbocycles. The number of pyridine rings is 1. The van der Waals surface area contributed by atoms with E-state index < -0.39 is 6.10 Å². The van der Waals surface area contributed by atoms with E-state index in [2.05, 4.69) is 10.3 Å². The second-order valence-electron chi connectivity index (χ2n) is 6.38. The molecule has 1 amide bonds. The standard InChI is InChI=1S/C19H22FN3O2/c1-13-5-2-9-18(21-13)22-19(25)16-8-4-10-23(16)12-17(24)14-6-3-7-15(20)11-14/h2-3,5-7,9,11,16-17,24H,4,8,10,12H2,1H3,(H,21,22,25)/t16-,17?/m0/s1. The molecule has 1 saturated heterocycles. The number of benzene rings is 1. The van der Waals surface area contributed by atoms with E-state index in [1.165, 1.54) is 12.1 Å². The van der Waals surface area contributed by atoms with Gasteiger partial charge in [-0.2, -0.15) is 0 Å². The van der Waals surface area contributed by atoms with Crippen LogP contribution in [-0.2, 0) is 4.79 Å². The maximum Gasteiger partial charge on any atom is 0.242 e. The van der Waals surface area contributed by atoms with Crippen molar-refractivity contribution < 1.29 is 14.3 Å². The summed E-state index contributed by atoms with van der Waals surface area (Å²) < 4.78 is 13.3. The Kier molecular flexibility index (Phi) is 5.40. The molecule has 2 aromatic rings. The molecule has 2 atom stereocenters. The number of aryl methyl sites for hydroxylation is 1. The van der Waals surface area contributed by atoms with Crippen LogP contribution in [0, 0.1) is 12.7 Å². The van der Waals surface area contributed by atoms with Gasteiger partial charge in [-0.1, -0.05) is 18.2 Å². The Morgan fingerprint density at radius 2 is 2.20 bits per heavy atom. The van der Waals surface area contributed by atoms with E-state index in [1.807, 2.05) is 24.0 Å². The summed E-state index contributed by atoms with van der Waals surface area (Å²) in [6.07, 6.45) is 0.782. The fraction of sp³-hybridized carbons (Fsp3) is 0.368. The van der Waals surface area contributed by atoms with Crippen LogP contribution in [0.3, 0.4) is 0 Å². The van der Waals surface area contributed by atoms with Gasteiger partial charge in [0.25, 0.3) is 0 Å². The number of β-amino-alcohol motifs (C(OH)–C–C–N with tert-alkyl or cyclic N) is 1. The van der Waals surface area contributed by atoms with Crippen molar-refractivity contribution in [2.75, 3.05) is 18.4 Å². The fourth-order valence-electron chi connectivity index (χ4n) is 3.21. The van der Waals surface area contributed by atoms with Crippen LogP contribution < -0.4 is 5.32 Å². The van der Waals surface area contributed by atoms with Crippen molar-refractivity contribution in [3.05, 3.63) is 59.5 Å². The van der Waals surface area contributed by atoms with E-state index in [4.69, 9.17) is 0 Å². The van der Waals surface area contributed by atoms with E-state index in [0.29, 0.717) is 17.9 Å². The lowest BCUT2D eigenvalue weighted by atomic mass is 10.1. The summed E-state index contributed by atoms with van der Waals surface area (Å²) in [6, 6.07) is 11.1. The zero-order valence-corrected chi connectivity index (χ0v) is 14.2. The number of aliphatic hydroxyl groups excluding tert-OH is 1. The number of aliphatic hydroxyl groups is 1. The summed E-state index contributed by atoms with van der Waals surface area (Å²) in [5, 5.41) is 13.2. The third kappa shape index (κ3) is 4.41. The Morgan fingerprint density at radius 1 is 1.40 bits per heavy atom. The van der Waals surface area contributed by atoms with Gasteiger partial charge in [0.2, 0.25) is 5.91 Å². The molecule has 132 valence electrons. The highest BCUT2D eigenvalue weighted by atomic mass is 19.1. The monoisotopic (exact) mass is 343 g/mol. The summed E-state index contributed by atoms with van der Waals surface area (Å²) in [4.78, 5) is 18.8. The highest BCUT2D eigenvalue weighted by Crippen LogP contribution is 2.23. The Balaban J connectivity index is 1.64. The lowest BCUT2D eigenvalue weighted by Crippen LogP contribution is -2.41. The van der Waals surface area contributed by atoms with Crippen LogP contribution in [0.5, 0.6) is 0 Å². The van der Waals surface area contributed by atoms with Crippen LogP contribution in [0.4, 0.5) is 10.2 Å². The number of likely N-dealkylation sites (tertiary alicyclic amines) is 1. The van der Waals surface area contributed by atoms with Gasteiger partial charge in [0.1, 0.15) is 11.6 Å². The fourth-order valence-corrected chi connectivity index (χ4v) is 3.21. The Bertz CT molecular complexity index is 753. The number of nitrogens with one attached hydrogen (secondary N) is 1. The first kappa shape index (κ1) is 17.5. The van der Waals surface area contributed by atoms with Crippen molar-refractivity contribution in [2.45, 2.75) is 31.9 Å². The highest BCUT2D eigenvalue weighted by molar-refractivity contribution is 5.94. The van der Waals surface area contributed by atoms with Crippen LogP contribution in [0.25, 0.3) is 0 Å². The van der Waals surface area contributed by atoms with Crippen molar-refractivity contribution in [3.8, 4) is 0 Å². The number of nitrogens with zero attached hydrogens (tertiary/aromatic N) is 2. The third-order valence-corrected chi connectivity index (χ3v) is 4.45. The number of hydrogen-bond donors (Lipinski definition) is 2.